The van der Waals surface area contributed by atoms with Crippen LogP contribution in [0.15, 0.2) is 49.2 Å². The molecule has 0 saturated carbocycles. The SMILES string of the molecule is Cc1ccc(C(C)n2cc(-c3c(F)ccc4c3ncn4C(=O)OC(C)(C)C)c3c(N4CCCCC4NC(=O)OC(C)(C)C)c(Cl)cnc32)nc1. The van der Waals surface area contributed by atoms with Gasteiger partial charge in [0.25, 0.3) is 0 Å². The third-order valence-electron chi connectivity index (χ3n) is 8.55. The fraction of sp³-hybridized carbons (Fsp3) is 0.432. The molecule has 1 amide bonds. The lowest BCUT2D eigenvalue weighted by molar-refractivity contribution is 0.0493. The van der Waals surface area contributed by atoms with Gasteiger partial charge in [-0.15, -0.1) is 0 Å². The third-order valence-corrected chi connectivity index (χ3v) is 8.83. The quantitative estimate of drug-likeness (QED) is 0.193. The van der Waals surface area contributed by atoms with Crippen molar-refractivity contribution in [2.24, 2.45) is 0 Å². The van der Waals surface area contributed by atoms with E-state index in [1.54, 1.807) is 33.2 Å². The second-order valence-corrected chi connectivity index (χ2v) is 15.2. The average Bonchev–Trinajstić information content (AvgIpc) is 3.62. The fourth-order valence-corrected chi connectivity index (χ4v) is 6.63. The number of hydrogen-bond acceptors (Lipinski definition) is 8. The van der Waals surface area contributed by atoms with Crippen LogP contribution in [0.2, 0.25) is 5.02 Å². The molecule has 264 valence electrons. The normalized spacial score (nSPS) is 16.1. The summed E-state index contributed by atoms with van der Waals surface area (Å²) in [5.74, 6) is -0.542. The van der Waals surface area contributed by atoms with E-state index in [0.29, 0.717) is 45.8 Å². The number of benzene rings is 1. The first kappa shape index (κ1) is 35.1. The summed E-state index contributed by atoms with van der Waals surface area (Å²) in [6.45, 7) is 15.3. The number of ether oxygens (including phenoxy) is 2. The van der Waals surface area contributed by atoms with Crippen LogP contribution in [0.3, 0.4) is 0 Å². The van der Waals surface area contributed by atoms with Gasteiger partial charge in [0, 0.05) is 30.1 Å². The number of piperidine rings is 1. The Morgan fingerprint density at radius 2 is 1.74 bits per heavy atom. The minimum atomic E-state index is -0.750. The number of nitrogens with zero attached hydrogens (tertiary/aromatic N) is 6. The van der Waals surface area contributed by atoms with Crippen molar-refractivity contribution in [2.45, 2.75) is 98.1 Å². The Morgan fingerprint density at radius 3 is 2.42 bits per heavy atom. The number of anilines is 1. The number of imidazole rings is 1. The van der Waals surface area contributed by atoms with Crippen LogP contribution in [0.1, 0.15) is 85.0 Å². The third kappa shape index (κ3) is 6.98. The zero-order valence-corrected chi connectivity index (χ0v) is 30.4. The van der Waals surface area contributed by atoms with E-state index < -0.39 is 35.4 Å². The molecule has 13 heteroatoms. The van der Waals surface area contributed by atoms with Gasteiger partial charge in [0.2, 0.25) is 0 Å². The number of pyridine rings is 2. The van der Waals surface area contributed by atoms with Crippen molar-refractivity contribution >= 4 is 51.5 Å². The number of nitrogens with one attached hydrogen (secondary N) is 1. The van der Waals surface area contributed by atoms with Gasteiger partial charge in [-0.1, -0.05) is 17.7 Å². The Labute approximate surface area is 295 Å². The van der Waals surface area contributed by atoms with E-state index in [0.717, 1.165) is 24.1 Å². The molecule has 5 heterocycles. The summed E-state index contributed by atoms with van der Waals surface area (Å²) in [6, 6.07) is 6.47. The van der Waals surface area contributed by atoms with Crippen LogP contribution in [0.25, 0.3) is 33.2 Å². The maximum absolute atomic E-state index is 16.3. The largest absolute Gasteiger partial charge is 0.444 e. The lowest BCUT2D eigenvalue weighted by atomic mass is 10.0. The highest BCUT2D eigenvalue weighted by atomic mass is 35.5. The summed E-state index contributed by atoms with van der Waals surface area (Å²) < 4.78 is 30.8. The van der Waals surface area contributed by atoms with Gasteiger partial charge in [0.15, 0.2) is 0 Å². The van der Waals surface area contributed by atoms with E-state index >= 15 is 4.39 Å². The standard InChI is InChI=1S/C37H43ClFN7O4/c1-21-12-14-26(40-17-21)22(2)45-19-23(29-25(39)13-15-27-31(29)42-20-46(27)35(48)50-37(6,7)8)30-32(24(38)18-41-33(30)45)44-16-10-9-11-28(44)43-34(47)49-36(3,4)5/h12-15,17-20,22,28H,9-11,16H2,1-8H3,(H,43,47). The molecule has 0 spiro atoms. The molecule has 4 aromatic heterocycles. The minimum Gasteiger partial charge on any atom is -0.444 e. The van der Waals surface area contributed by atoms with Crippen molar-refractivity contribution in [1.82, 2.24) is 29.4 Å². The van der Waals surface area contributed by atoms with Gasteiger partial charge in [-0.25, -0.2) is 28.5 Å². The average molecular weight is 704 g/mol. The molecule has 2 unspecified atom stereocenters. The van der Waals surface area contributed by atoms with Crippen molar-refractivity contribution in [3.8, 4) is 11.1 Å². The molecule has 2 atom stereocenters. The summed E-state index contributed by atoms with van der Waals surface area (Å²) in [5.41, 5.74) is 2.81. The molecule has 0 radical (unpaired) electrons. The van der Waals surface area contributed by atoms with Crippen LogP contribution >= 0.6 is 11.6 Å². The summed E-state index contributed by atoms with van der Waals surface area (Å²) in [4.78, 5) is 42.3. The van der Waals surface area contributed by atoms with Crippen molar-refractivity contribution in [3.05, 3.63) is 71.3 Å². The molecular weight excluding hydrogens is 661 g/mol. The van der Waals surface area contributed by atoms with Crippen molar-refractivity contribution in [3.63, 3.8) is 0 Å². The topological polar surface area (TPSA) is 116 Å². The number of carbonyl (C=O) groups excluding carboxylic acids is 2. The Kier molecular flexibility index (Phi) is 9.28. The van der Waals surface area contributed by atoms with E-state index in [2.05, 4.69) is 15.3 Å². The van der Waals surface area contributed by atoms with Gasteiger partial charge >= 0.3 is 12.2 Å². The maximum Gasteiger partial charge on any atom is 0.420 e. The summed E-state index contributed by atoms with van der Waals surface area (Å²) in [7, 11) is 0. The van der Waals surface area contributed by atoms with Gasteiger partial charge in [-0.2, -0.15) is 0 Å². The number of rotatable bonds is 5. The Bertz CT molecular complexity index is 2080. The molecular formula is C37H43ClFN7O4. The van der Waals surface area contributed by atoms with Crippen LogP contribution in [0.5, 0.6) is 0 Å². The van der Waals surface area contributed by atoms with Crippen molar-refractivity contribution < 1.29 is 23.5 Å². The van der Waals surface area contributed by atoms with Crippen molar-refractivity contribution in [2.75, 3.05) is 11.4 Å². The molecule has 1 aliphatic rings. The van der Waals surface area contributed by atoms with Crippen LogP contribution in [0.4, 0.5) is 19.7 Å². The van der Waals surface area contributed by atoms with Gasteiger partial charge in [-0.05, 0) is 98.4 Å². The predicted molar refractivity (Wildman–Crippen MR) is 192 cm³/mol. The lowest BCUT2D eigenvalue weighted by Gasteiger charge is -2.39. The van der Waals surface area contributed by atoms with Gasteiger partial charge in [0.1, 0.15) is 35.2 Å². The molecule has 1 aromatic carbocycles. The lowest BCUT2D eigenvalue weighted by Crippen LogP contribution is -2.52. The number of carbonyl (C=O) groups is 2. The fourth-order valence-electron chi connectivity index (χ4n) is 6.38. The smallest absolute Gasteiger partial charge is 0.420 e. The number of hydrogen-bond donors (Lipinski definition) is 1. The molecule has 50 heavy (non-hydrogen) atoms. The van der Waals surface area contributed by atoms with E-state index in [9.17, 15) is 9.59 Å². The Balaban J connectivity index is 1.59. The van der Waals surface area contributed by atoms with Crippen LogP contribution in [0, 0.1) is 12.7 Å². The van der Waals surface area contributed by atoms with Gasteiger partial charge in [-0.3, -0.25) is 4.98 Å². The molecule has 6 rings (SSSR count). The second kappa shape index (κ2) is 13.2. The molecule has 0 aliphatic carbocycles. The Morgan fingerprint density at radius 1 is 1.00 bits per heavy atom. The molecule has 1 N–H and O–H groups in total. The zero-order chi connectivity index (χ0) is 36.1. The monoisotopic (exact) mass is 703 g/mol. The predicted octanol–water partition coefficient (Wildman–Crippen LogP) is 8.78. The summed E-state index contributed by atoms with van der Waals surface area (Å²) >= 11 is 7.05. The zero-order valence-electron chi connectivity index (χ0n) is 29.7. The minimum absolute atomic E-state index is 0.177. The molecule has 1 aliphatic heterocycles. The van der Waals surface area contributed by atoms with Gasteiger partial charge < -0.3 is 24.3 Å². The number of alkyl carbamates (subject to hydrolysis) is 1. The first-order chi connectivity index (χ1) is 23.5. The highest BCUT2D eigenvalue weighted by molar-refractivity contribution is 6.35. The number of halogens is 2. The van der Waals surface area contributed by atoms with E-state index in [1.165, 1.54) is 23.0 Å². The second-order valence-electron chi connectivity index (χ2n) is 14.8. The van der Waals surface area contributed by atoms with E-state index in [1.807, 2.05) is 62.4 Å². The van der Waals surface area contributed by atoms with Crippen LogP contribution < -0.4 is 10.2 Å². The number of aryl methyl sites for hydroxylation is 1. The first-order valence-electron chi connectivity index (χ1n) is 16.8. The highest BCUT2D eigenvalue weighted by Crippen LogP contribution is 2.45. The summed E-state index contributed by atoms with van der Waals surface area (Å²) in [6.07, 6.45) is 7.31. The maximum atomic E-state index is 16.3. The first-order valence-corrected chi connectivity index (χ1v) is 17.2. The summed E-state index contributed by atoms with van der Waals surface area (Å²) in [5, 5.41) is 3.95. The number of amides is 1. The molecule has 1 fully saturated rings. The Hall–Kier alpha value is -4.71. The molecule has 0 bridgehead atoms. The van der Waals surface area contributed by atoms with Crippen LogP contribution in [-0.4, -0.2) is 60.2 Å². The molecule has 1 saturated heterocycles. The van der Waals surface area contributed by atoms with E-state index in [4.69, 9.17) is 26.1 Å². The molecule has 5 aromatic rings. The highest BCUT2D eigenvalue weighted by Gasteiger charge is 2.33. The number of aromatic nitrogens is 5. The van der Waals surface area contributed by atoms with Gasteiger partial charge in [0.05, 0.1) is 45.1 Å². The number of fused-ring (bicyclic) bond motifs is 2. The van der Waals surface area contributed by atoms with E-state index in [-0.39, 0.29) is 17.1 Å². The molecule has 11 nitrogen and oxygen atoms in total. The van der Waals surface area contributed by atoms with Crippen molar-refractivity contribution in [1.29, 1.82) is 0 Å². The van der Waals surface area contributed by atoms with Crippen LogP contribution in [-0.2, 0) is 9.47 Å².